The van der Waals surface area contributed by atoms with Crippen molar-refractivity contribution in [2.45, 2.75) is 26.8 Å². The van der Waals surface area contributed by atoms with Crippen molar-refractivity contribution in [3.05, 3.63) is 93.8 Å². The largest absolute Gasteiger partial charge is 0.340 e. The summed E-state index contributed by atoms with van der Waals surface area (Å²) in [6.07, 6.45) is 3.25. The third kappa shape index (κ3) is 5.91. The average molecular weight is 447 g/mol. The highest BCUT2D eigenvalue weighted by Crippen LogP contribution is 2.17. The molecule has 9 nitrogen and oxygen atoms in total. The van der Waals surface area contributed by atoms with Gasteiger partial charge in [-0.25, -0.2) is 5.43 Å². The van der Waals surface area contributed by atoms with Crippen molar-refractivity contribution in [2.24, 2.45) is 11.0 Å². The fourth-order valence-corrected chi connectivity index (χ4v) is 3.17. The predicted octanol–water partition coefficient (Wildman–Crippen LogP) is 3.60. The molecule has 0 saturated heterocycles. The zero-order valence-electron chi connectivity index (χ0n) is 18.6. The van der Waals surface area contributed by atoms with Crippen LogP contribution in [0.15, 0.2) is 72.0 Å². The zero-order chi connectivity index (χ0) is 24.0. The molecule has 0 radical (unpaired) electrons. The first kappa shape index (κ1) is 23.4. The van der Waals surface area contributed by atoms with E-state index in [0.717, 1.165) is 5.56 Å². The number of aryl methyl sites for hydroxylation is 1. The monoisotopic (exact) mass is 447 g/mol. The molecule has 33 heavy (non-hydrogen) atoms. The van der Waals surface area contributed by atoms with Gasteiger partial charge in [0.2, 0.25) is 0 Å². The van der Waals surface area contributed by atoms with Gasteiger partial charge >= 0.3 is 0 Å². The Bertz CT molecular complexity index is 1160. The Balaban J connectivity index is 1.67. The number of nitro benzene ring substituents is 1. The highest BCUT2D eigenvalue weighted by Gasteiger charge is 2.24. The second-order valence-electron chi connectivity index (χ2n) is 7.87. The Morgan fingerprint density at radius 1 is 1.06 bits per heavy atom. The second-order valence-corrected chi connectivity index (χ2v) is 7.87. The highest BCUT2D eigenvalue weighted by atomic mass is 16.6. The molecule has 170 valence electrons. The molecule has 0 fully saturated rings. The van der Waals surface area contributed by atoms with Gasteiger partial charge in [-0.05, 0) is 49.2 Å². The van der Waals surface area contributed by atoms with E-state index >= 15 is 0 Å². The maximum Gasteiger partial charge on any atom is 0.269 e. The van der Waals surface area contributed by atoms with Crippen molar-refractivity contribution in [1.29, 1.82) is 0 Å². The van der Waals surface area contributed by atoms with Crippen LogP contribution in [0.25, 0.3) is 5.69 Å². The first-order valence-corrected chi connectivity index (χ1v) is 10.4. The summed E-state index contributed by atoms with van der Waals surface area (Å²) in [6, 6.07) is 16.0. The van der Waals surface area contributed by atoms with Crippen molar-refractivity contribution in [2.75, 3.05) is 0 Å². The molecular formula is C24H25N5O4. The number of carbonyl (C=O) groups is 2. The fraction of sp³-hybridized carbons (Fsp3) is 0.208. The number of hydrazone groups is 1. The van der Waals surface area contributed by atoms with Crippen molar-refractivity contribution >= 4 is 23.7 Å². The average Bonchev–Trinajstić information content (AvgIpc) is 3.26. The Morgan fingerprint density at radius 2 is 1.73 bits per heavy atom. The standard InChI is InChI=1S/C24H25N5O4/c1-16(2)22(26-23(30)18-8-6-17(3)7-9-18)24(31)27-25-15-21-5-4-14-28(21)19-10-12-20(13-11-19)29(32)33/h4-16,22H,1-3H3,(H,26,30)(H,27,31). The number of hydrogen-bond donors (Lipinski definition) is 2. The van der Waals surface area contributed by atoms with Gasteiger partial charge in [-0.15, -0.1) is 0 Å². The molecule has 1 aromatic heterocycles. The molecule has 0 aliphatic carbocycles. The molecule has 3 aromatic rings. The van der Waals surface area contributed by atoms with Gasteiger partial charge in [-0.1, -0.05) is 31.5 Å². The molecule has 2 aromatic carbocycles. The number of aromatic nitrogens is 1. The number of nitro groups is 1. The summed E-state index contributed by atoms with van der Waals surface area (Å²) in [5.74, 6) is -0.923. The quantitative estimate of drug-likeness (QED) is 0.311. The number of hydrogen-bond acceptors (Lipinski definition) is 5. The third-order valence-electron chi connectivity index (χ3n) is 5.04. The van der Waals surface area contributed by atoms with E-state index in [0.29, 0.717) is 16.9 Å². The van der Waals surface area contributed by atoms with E-state index in [4.69, 9.17) is 0 Å². The van der Waals surface area contributed by atoms with Crippen molar-refractivity contribution in [3.8, 4) is 5.69 Å². The van der Waals surface area contributed by atoms with Crippen LogP contribution in [0.2, 0.25) is 0 Å². The minimum atomic E-state index is -0.766. The lowest BCUT2D eigenvalue weighted by Gasteiger charge is -2.20. The number of nitrogens with zero attached hydrogens (tertiary/aromatic N) is 3. The van der Waals surface area contributed by atoms with E-state index in [9.17, 15) is 19.7 Å². The first-order chi connectivity index (χ1) is 15.8. The molecule has 0 saturated carbocycles. The van der Waals surface area contributed by atoms with Crippen LogP contribution in [-0.2, 0) is 4.79 Å². The van der Waals surface area contributed by atoms with E-state index in [-0.39, 0.29) is 17.5 Å². The number of carbonyl (C=O) groups excluding carboxylic acids is 2. The lowest BCUT2D eigenvalue weighted by atomic mass is 10.0. The second kappa shape index (κ2) is 10.4. The van der Waals surface area contributed by atoms with Crippen LogP contribution in [-0.4, -0.2) is 33.6 Å². The number of nitrogens with one attached hydrogen (secondary N) is 2. The van der Waals surface area contributed by atoms with Crippen LogP contribution in [0.4, 0.5) is 5.69 Å². The molecule has 0 aliphatic heterocycles. The van der Waals surface area contributed by atoms with Crippen LogP contribution in [0.1, 0.15) is 35.5 Å². The van der Waals surface area contributed by atoms with Crippen LogP contribution in [0, 0.1) is 23.0 Å². The van der Waals surface area contributed by atoms with E-state index in [2.05, 4.69) is 15.8 Å². The molecule has 0 bridgehead atoms. The van der Waals surface area contributed by atoms with Crippen molar-refractivity contribution < 1.29 is 14.5 Å². The summed E-state index contributed by atoms with van der Waals surface area (Å²) in [5, 5.41) is 17.6. The van der Waals surface area contributed by atoms with Gasteiger partial charge in [-0.2, -0.15) is 5.10 Å². The molecule has 1 unspecified atom stereocenters. The first-order valence-electron chi connectivity index (χ1n) is 10.4. The topological polar surface area (TPSA) is 119 Å². The Morgan fingerprint density at radius 3 is 2.33 bits per heavy atom. The van der Waals surface area contributed by atoms with Crippen LogP contribution >= 0.6 is 0 Å². The van der Waals surface area contributed by atoms with Crippen LogP contribution in [0.5, 0.6) is 0 Å². The Hall–Kier alpha value is -4.27. The summed E-state index contributed by atoms with van der Waals surface area (Å²) in [7, 11) is 0. The lowest BCUT2D eigenvalue weighted by Crippen LogP contribution is -2.48. The van der Waals surface area contributed by atoms with Gasteiger partial charge in [0.05, 0.1) is 16.8 Å². The zero-order valence-corrected chi connectivity index (χ0v) is 18.6. The maximum atomic E-state index is 12.7. The lowest BCUT2D eigenvalue weighted by molar-refractivity contribution is -0.384. The molecular weight excluding hydrogens is 422 g/mol. The number of benzene rings is 2. The van der Waals surface area contributed by atoms with E-state index in [1.165, 1.54) is 18.3 Å². The fourth-order valence-electron chi connectivity index (χ4n) is 3.17. The number of amides is 2. The summed E-state index contributed by atoms with van der Waals surface area (Å²) >= 11 is 0. The van der Waals surface area contributed by atoms with E-state index < -0.39 is 16.9 Å². The molecule has 2 amide bonds. The number of non-ortho nitro benzene ring substituents is 1. The van der Waals surface area contributed by atoms with E-state index in [1.54, 1.807) is 47.2 Å². The number of rotatable bonds is 8. The SMILES string of the molecule is Cc1ccc(C(=O)NC(C(=O)NN=Cc2cccn2-c2ccc([N+](=O)[O-])cc2)C(C)C)cc1. The van der Waals surface area contributed by atoms with Gasteiger partial charge in [-0.3, -0.25) is 19.7 Å². The predicted molar refractivity (Wildman–Crippen MR) is 125 cm³/mol. The maximum absolute atomic E-state index is 12.7. The van der Waals surface area contributed by atoms with Gasteiger partial charge in [0, 0.05) is 29.6 Å². The summed E-state index contributed by atoms with van der Waals surface area (Å²) in [5.41, 5.74) is 5.37. The third-order valence-corrected chi connectivity index (χ3v) is 5.04. The smallest absolute Gasteiger partial charge is 0.269 e. The van der Waals surface area contributed by atoms with Crippen molar-refractivity contribution in [1.82, 2.24) is 15.3 Å². The normalized spacial score (nSPS) is 12.0. The van der Waals surface area contributed by atoms with Gasteiger partial charge in [0.15, 0.2) is 0 Å². The molecule has 0 spiro atoms. The molecule has 1 atom stereocenters. The summed E-state index contributed by atoms with van der Waals surface area (Å²) < 4.78 is 1.78. The Kier molecular flexibility index (Phi) is 7.34. The molecule has 1 heterocycles. The molecule has 9 heteroatoms. The molecule has 3 rings (SSSR count). The Labute approximate surface area is 191 Å². The van der Waals surface area contributed by atoms with Crippen LogP contribution < -0.4 is 10.7 Å². The van der Waals surface area contributed by atoms with Crippen molar-refractivity contribution in [3.63, 3.8) is 0 Å². The van der Waals surface area contributed by atoms with Gasteiger partial charge in [0.1, 0.15) is 6.04 Å². The summed E-state index contributed by atoms with van der Waals surface area (Å²) in [6.45, 7) is 5.61. The van der Waals surface area contributed by atoms with Gasteiger partial charge in [0.25, 0.3) is 17.5 Å². The minimum Gasteiger partial charge on any atom is -0.340 e. The molecule has 0 aliphatic rings. The highest BCUT2D eigenvalue weighted by molar-refractivity contribution is 5.97. The van der Waals surface area contributed by atoms with E-state index in [1.807, 2.05) is 32.9 Å². The molecule has 2 N–H and O–H groups in total. The van der Waals surface area contributed by atoms with Gasteiger partial charge < -0.3 is 9.88 Å². The summed E-state index contributed by atoms with van der Waals surface area (Å²) in [4.78, 5) is 35.6. The minimum absolute atomic E-state index is 0.000739. The van der Waals surface area contributed by atoms with Crippen LogP contribution in [0.3, 0.4) is 0 Å².